The summed E-state index contributed by atoms with van der Waals surface area (Å²) in [6, 6.07) is 0. The lowest BCUT2D eigenvalue weighted by atomic mass is 9.96. The summed E-state index contributed by atoms with van der Waals surface area (Å²) in [5.74, 6) is -5.56. The summed E-state index contributed by atoms with van der Waals surface area (Å²) in [5.41, 5.74) is 0.999. The van der Waals surface area contributed by atoms with E-state index in [0.717, 1.165) is 23.4 Å². The fourth-order valence-corrected chi connectivity index (χ4v) is 3.17. The molecule has 3 rings (SSSR count). The molecule has 1 aromatic heterocycles. The Balaban J connectivity index is 1.85. The van der Waals surface area contributed by atoms with Crippen LogP contribution < -0.4 is 0 Å². The molecule has 1 aliphatic heterocycles. The van der Waals surface area contributed by atoms with Gasteiger partial charge in [0.1, 0.15) is 0 Å². The van der Waals surface area contributed by atoms with Crippen LogP contribution in [0.25, 0.3) is 0 Å². The van der Waals surface area contributed by atoms with Crippen LogP contribution in [0, 0.1) is 11.8 Å². The highest BCUT2D eigenvalue weighted by Crippen LogP contribution is 2.43. The average Bonchev–Trinajstić information content (AvgIpc) is 3.04. The molecule has 0 radical (unpaired) electrons. The van der Waals surface area contributed by atoms with Crippen molar-refractivity contribution in [2.75, 3.05) is 13.1 Å². The van der Waals surface area contributed by atoms with Gasteiger partial charge >= 0.3 is 12.1 Å². The number of alkyl halides is 3. The van der Waals surface area contributed by atoms with Crippen LogP contribution in [0.3, 0.4) is 0 Å². The molecule has 2 heterocycles. The Hall–Kier alpha value is -2.06. The molecule has 1 saturated carbocycles. The molecular weight excluding hydrogens is 315 g/mol. The van der Waals surface area contributed by atoms with E-state index in [1.807, 2.05) is 0 Å². The second-order valence-corrected chi connectivity index (χ2v) is 6.14. The van der Waals surface area contributed by atoms with Crippen LogP contribution in [0.2, 0.25) is 0 Å². The van der Waals surface area contributed by atoms with Crippen molar-refractivity contribution in [2.24, 2.45) is 18.9 Å². The Kier molecular flexibility index (Phi) is 3.61. The zero-order chi connectivity index (χ0) is 16.9. The van der Waals surface area contributed by atoms with Gasteiger partial charge in [-0.15, -0.1) is 0 Å². The lowest BCUT2D eigenvalue weighted by Crippen LogP contribution is -2.34. The number of likely N-dealkylation sites (tertiary alicyclic amines) is 1. The number of amides is 1. The van der Waals surface area contributed by atoms with Gasteiger partial charge in [-0.3, -0.25) is 14.3 Å². The molecule has 0 aromatic carbocycles. The van der Waals surface area contributed by atoms with Crippen molar-refractivity contribution >= 4 is 11.9 Å². The van der Waals surface area contributed by atoms with E-state index in [1.165, 1.54) is 6.20 Å². The number of aromatic nitrogens is 2. The number of carboxylic acid groups (broad SMARTS) is 1. The number of hydrogen-bond acceptors (Lipinski definition) is 3. The molecule has 1 amide bonds. The van der Waals surface area contributed by atoms with Gasteiger partial charge in [0, 0.05) is 26.1 Å². The van der Waals surface area contributed by atoms with E-state index in [9.17, 15) is 22.8 Å². The molecule has 9 heteroatoms. The summed E-state index contributed by atoms with van der Waals surface area (Å²) in [6.45, 7) is -1.06. The minimum Gasteiger partial charge on any atom is -0.481 e. The maximum Gasteiger partial charge on any atom is 0.394 e. The smallest absolute Gasteiger partial charge is 0.394 e. The van der Waals surface area contributed by atoms with Crippen LogP contribution in [0.4, 0.5) is 13.2 Å². The van der Waals surface area contributed by atoms with Crippen molar-refractivity contribution in [3.63, 3.8) is 0 Å². The van der Waals surface area contributed by atoms with E-state index in [1.54, 1.807) is 11.7 Å². The molecule has 2 aliphatic rings. The molecular formula is C14H16F3N3O3. The van der Waals surface area contributed by atoms with E-state index in [-0.39, 0.29) is 11.5 Å². The Labute approximate surface area is 129 Å². The van der Waals surface area contributed by atoms with Crippen molar-refractivity contribution in [1.82, 2.24) is 14.7 Å². The third kappa shape index (κ3) is 2.79. The van der Waals surface area contributed by atoms with Crippen LogP contribution >= 0.6 is 0 Å². The molecule has 0 bridgehead atoms. The first kappa shape index (κ1) is 15.8. The third-order valence-electron chi connectivity index (χ3n) is 4.52. The summed E-state index contributed by atoms with van der Waals surface area (Å²) < 4.78 is 40.6. The maximum absolute atomic E-state index is 13.0. The van der Waals surface area contributed by atoms with Crippen LogP contribution in [-0.4, -0.2) is 50.9 Å². The van der Waals surface area contributed by atoms with E-state index in [0.29, 0.717) is 0 Å². The monoisotopic (exact) mass is 331 g/mol. The number of carboxylic acids is 1. The van der Waals surface area contributed by atoms with Gasteiger partial charge in [0.25, 0.3) is 5.91 Å². The van der Waals surface area contributed by atoms with Crippen molar-refractivity contribution < 1.29 is 27.9 Å². The van der Waals surface area contributed by atoms with Crippen LogP contribution in [0.5, 0.6) is 0 Å². The lowest BCUT2D eigenvalue weighted by Gasteiger charge is -2.18. The van der Waals surface area contributed by atoms with Crippen LogP contribution in [-0.2, 0) is 11.8 Å². The number of hydrogen-bond donors (Lipinski definition) is 1. The van der Waals surface area contributed by atoms with Gasteiger partial charge in [-0.05, 0) is 12.8 Å². The highest BCUT2D eigenvalue weighted by atomic mass is 19.4. The molecule has 0 unspecified atom stereocenters. The topological polar surface area (TPSA) is 75.4 Å². The first-order valence-corrected chi connectivity index (χ1v) is 7.30. The predicted molar refractivity (Wildman–Crippen MR) is 71.8 cm³/mol. The Morgan fingerprint density at radius 1 is 1.30 bits per heavy atom. The second-order valence-electron chi connectivity index (χ2n) is 6.14. The number of nitrogens with zero attached hydrogens (tertiary/aromatic N) is 3. The zero-order valence-corrected chi connectivity index (χ0v) is 12.4. The molecule has 1 aliphatic carbocycles. The first-order chi connectivity index (χ1) is 10.7. The summed E-state index contributed by atoms with van der Waals surface area (Å²) in [7, 11) is 1.69. The second kappa shape index (κ2) is 5.24. The number of carbonyl (C=O) groups is 2. The van der Waals surface area contributed by atoms with Gasteiger partial charge < -0.3 is 10.0 Å². The SMILES string of the molecule is Cn1ncc(C(=O)N2C[C@@H](C(F)(F)F)[C@H](C(=O)O)C2)c1C1CC1. The molecule has 1 aromatic rings. The van der Waals surface area contributed by atoms with E-state index in [2.05, 4.69) is 5.10 Å². The van der Waals surface area contributed by atoms with Gasteiger partial charge in [0.15, 0.2) is 0 Å². The molecule has 2 fully saturated rings. The van der Waals surface area contributed by atoms with Gasteiger partial charge in [-0.1, -0.05) is 0 Å². The zero-order valence-electron chi connectivity index (χ0n) is 12.4. The molecule has 6 nitrogen and oxygen atoms in total. The number of carbonyl (C=O) groups excluding carboxylic acids is 1. The number of aliphatic carboxylic acids is 1. The van der Waals surface area contributed by atoms with Crippen LogP contribution in [0.15, 0.2) is 6.20 Å². The number of rotatable bonds is 3. The largest absolute Gasteiger partial charge is 0.481 e. The average molecular weight is 331 g/mol. The van der Waals surface area contributed by atoms with Crippen molar-refractivity contribution in [2.45, 2.75) is 24.9 Å². The molecule has 2 atom stereocenters. The fraction of sp³-hybridized carbons (Fsp3) is 0.643. The first-order valence-electron chi connectivity index (χ1n) is 7.30. The van der Waals surface area contributed by atoms with Crippen molar-refractivity contribution in [3.8, 4) is 0 Å². The summed E-state index contributed by atoms with van der Waals surface area (Å²) in [4.78, 5) is 24.7. The lowest BCUT2D eigenvalue weighted by molar-refractivity contribution is -0.187. The summed E-state index contributed by atoms with van der Waals surface area (Å²) in [6.07, 6.45) is -1.45. The van der Waals surface area contributed by atoms with E-state index in [4.69, 9.17) is 5.11 Å². The molecule has 0 spiro atoms. The standard InChI is InChI=1S/C14H16F3N3O3/c1-19-11(7-2-3-7)8(4-18-19)12(21)20-5-9(13(22)23)10(6-20)14(15,16)17/h4,7,9-10H,2-3,5-6H2,1H3,(H,22,23)/t9-,10-/m1/s1. The van der Waals surface area contributed by atoms with Crippen molar-refractivity contribution in [3.05, 3.63) is 17.5 Å². The highest BCUT2D eigenvalue weighted by Gasteiger charge is 2.53. The maximum atomic E-state index is 13.0. The normalized spacial score (nSPS) is 25.0. The number of halogens is 3. The van der Waals surface area contributed by atoms with Gasteiger partial charge in [-0.25, -0.2) is 0 Å². The minimum atomic E-state index is -4.65. The Morgan fingerprint density at radius 3 is 2.43 bits per heavy atom. The molecule has 1 saturated heterocycles. The predicted octanol–water partition coefficient (Wildman–Crippen LogP) is 1.63. The van der Waals surface area contributed by atoms with Gasteiger partial charge in [0.2, 0.25) is 0 Å². The molecule has 1 N–H and O–H groups in total. The molecule has 23 heavy (non-hydrogen) atoms. The quantitative estimate of drug-likeness (QED) is 0.913. The van der Waals surface area contributed by atoms with Crippen LogP contribution in [0.1, 0.15) is 34.8 Å². The summed E-state index contributed by atoms with van der Waals surface area (Å²) >= 11 is 0. The highest BCUT2D eigenvalue weighted by molar-refractivity contribution is 5.96. The van der Waals surface area contributed by atoms with Gasteiger partial charge in [0.05, 0.1) is 29.3 Å². The Morgan fingerprint density at radius 2 is 1.96 bits per heavy atom. The third-order valence-corrected chi connectivity index (χ3v) is 4.52. The number of aryl methyl sites for hydroxylation is 1. The Bertz CT molecular complexity index is 651. The minimum absolute atomic E-state index is 0.206. The fourth-order valence-electron chi connectivity index (χ4n) is 3.17. The summed E-state index contributed by atoms with van der Waals surface area (Å²) in [5, 5.41) is 13.0. The van der Waals surface area contributed by atoms with E-state index < -0.39 is 43.0 Å². The van der Waals surface area contributed by atoms with E-state index >= 15 is 0 Å². The van der Waals surface area contributed by atoms with Gasteiger partial charge in [-0.2, -0.15) is 18.3 Å². The van der Waals surface area contributed by atoms with Crippen molar-refractivity contribution in [1.29, 1.82) is 0 Å². The molecule has 126 valence electrons.